The summed E-state index contributed by atoms with van der Waals surface area (Å²) in [4.78, 5) is 1.70. The minimum atomic E-state index is -4.01. The molecule has 14 heavy (non-hydrogen) atoms. The second-order valence-corrected chi connectivity index (χ2v) is 4.38. The van der Waals surface area contributed by atoms with E-state index in [0.29, 0.717) is 19.4 Å². The molecule has 2 aliphatic rings. The smallest absolute Gasteiger partial charge is 0.289 e. The van der Waals surface area contributed by atoms with Crippen LogP contribution >= 0.6 is 0 Å². The quantitative estimate of drug-likeness (QED) is 0.639. The summed E-state index contributed by atoms with van der Waals surface area (Å²) in [7, 11) is 0. The molecule has 1 atom stereocenters. The molecule has 0 aromatic carbocycles. The van der Waals surface area contributed by atoms with Crippen LogP contribution in [0.2, 0.25) is 0 Å². The maximum Gasteiger partial charge on any atom is 0.404 e. The van der Waals surface area contributed by atoms with Crippen molar-refractivity contribution < 1.29 is 13.2 Å². The Kier molecular flexibility index (Phi) is 2.73. The third kappa shape index (κ3) is 1.90. The van der Waals surface area contributed by atoms with E-state index in [9.17, 15) is 13.2 Å². The maximum absolute atomic E-state index is 12.6. The fourth-order valence-electron chi connectivity index (χ4n) is 2.81. The van der Waals surface area contributed by atoms with E-state index in [1.165, 1.54) is 0 Å². The van der Waals surface area contributed by atoms with Gasteiger partial charge in [-0.3, -0.25) is 4.90 Å². The molecular formula is C10H16F3N. The van der Waals surface area contributed by atoms with Crippen molar-refractivity contribution in [3.05, 3.63) is 0 Å². The van der Waals surface area contributed by atoms with Gasteiger partial charge in [0.15, 0.2) is 0 Å². The van der Waals surface area contributed by atoms with Crippen molar-refractivity contribution in [2.45, 2.75) is 56.8 Å². The van der Waals surface area contributed by atoms with Gasteiger partial charge in [-0.05, 0) is 32.2 Å². The van der Waals surface area contributed by atoms with Crippen molar-refractivity contribution in [3.8, 4) is 0 Å². The first kappa shape index (κ1) is 10.3. The second kappa shape index (κ2) is 3.72. The Balaban J connectivity index is 2.02. The summed E-state index contributed by atoms with van der Waals surface area (Å²) in [5, 5.41) is 0. The predicted octanol–water partition coefficient (Wildman–Crippen LogP) is 2.96. The number of hydrogen-bond acceptors (Lipinski definition) is 1. The minimum absolute atomic E-state index is 0.212. The maximum atomic E-state index is 12.6. The van der Waals surface area contributed by atoms with E-state index in [0.717, 1.165) is 25.7 Å². The average molecular weight is 207 g/mol. The molecule has 1 aliphatic carbocycles. The molecule has 1 unspecified atom stereocenters. The van der Waals surface area contributed by atoms with Crippen LogP contribution in [0.5, 0.6) is 0 Å². The molecule has 0 aromatic rings. The number of hydrogen-bond donors (Lipinski definition) is 0. The summed E-state index contributed by atoms with van der Waals surface area (Å²) < 4.78 is 37.9. The third-order valence-corrected chi connectivity index (χ3v) is 3.47. The van der Waals surface area contributed by atoms with Crippen molar-refractivity contribution in [3.63, 3.8) is 0 Å². The first-order chi connectivity index (χ1) is 6.59. The van der Waals surface area contributed by atoms with Crippen molar-refractivity contribution in [2.24, 2.45) is 0 Å². The molecule has 1 saturated carbocycles. The van der Waals surface area contributed by atoms with Gasteiger partial charge in [-0.1, -0.05) is 12.8 Å². The van der Waals surface area contributed by atoms with Crippen LogP contribution in [0.3, 0.4) is 0 Å². The molecule has 0 amide bonds. The largest absolute Gasteiger partial charge is 0.404 e. The highest BCUT2D eigenvalue weighted by Crippen LogP contribution is 2.37. The van der Waals surface area contributed by atoms with Crippen LogP contribution < -0.4 is 0 Å². The lowest BCUT2D eigenvalue weighted by molar-refractivity contribution is -0.180. The Bertz CT molecular complexity index is 196. The third-order valence-electron chi connectivity index (χ3n) is 3.47. The van der Waals surface area contributed by atoms with Gasteiger partial charge in [-0.2, -0.15) is 13.2 Å². The molecular weight excluding hydrogens is 191 g/mol. The molecule has 0 aromatic heterocycles. The lowest BCUT2D eigenvalue weighted by Gasteiger charge is -2.31. The first-order valence-electron chi connectivity index (χ1n) is 5.41. The minimum Gasteiger partial charge on any atom is -0.289 e. The zero-order chi connectivity index (χ0) is 10.2. The standard InChI is InChI=1S/C10H16F3N/c11-10(12,13)9-6-3-7-14(9)8-4-1-2-5-8/h8-9H,1-7H2. The average Bonchev–Trinajstić information content (AvgIpc) is 2.73. The number of alkyl halides is 3. The first-order valence-corrected chi connectivity index (χ1v) is 5.41. The summed E-state index contributed by atoms with van der Waals surface area (Å²) in [5.74, 6) is 0. The Morgan fingerprint density at radius 1 is 0.929 bits per heavy atom. The van der Waals surface area contributed by atoms with Gasteiger partial charge in [0.1, 0.15) is 6.04 Å². The van der Waals surface area contributed by atoms with Gasteiger partial charge in [-0.25, -0.2) is 0 Å². The zero-order valence-corrected chi connectivity index (χ0v) is 8.19. The molecule has 1 nitrogen and oxygen atoms in total. The number of rotatable bonds is 1. The molecule has 0 bridgehead atoms. The molecule has 0 N–H and O–H groups in total. The van der Waals surface area contributed by atoms with Crippen molar-refractivity contribution in [1.82, 2.24) is 4.90 Å². The SMILES string of the molecule is FC(F)(F)C1CCCN1C1CCCC1. The molecule has 1 heterocycles. The van der Waals surface area contributed by atoms with Gasteiger partial charge in [0, 0.05) is 6.04 Å². The van der Waals surface area contributed by atoms with Crippen molar-refractivity contribution in [2.75, 3.05) is 6.54 Å². The Labute approximate surface area is 82.3 Å². The summed E-state index contributed by atoms with van der Waals surface area (Å²) in [5.41, 5.74) is 0. The summed E-state index contributed by atoms with van der Waals surface area (Å²) in [6, 6.07) is -0.935. The monoisotopic (exact) mass is 207 g/mol. The summed E-state index contributed by atoms with van der Waals surface area (Å²) >= 11 is 0. The highest BCUT2D eigenvalue weighted by Gasteiger charge is 2.47. The van der Waals surface area contributed by atoms with E-state index in [2.05, 4.69) is 0 Å². The highest BCUT2D eigenvalue weighted by atomic mass is 19.4. The Morgan fingerprint density at radius 2 is 1.57 bits per heavy atom. The number of halogens is 3. The lowest BCUT2D eigenvalue weighted by Crippen LogP contribution is -2.45. The topological polar surface area (TPSA) is 3.24 Å². The Hall–Kier alpha value is -0.250. The molecule has 82 valence electrons. The van der Waals surface area contributed by atoms with Crippen LogP contribution in [-0.2, 0) is 0 Å². The predicted molar refractivity (Wildman–Crippen MR) is 48.0 cm³/mol. The molecule has 1 aliphatic heterocycles. The van der Waals surface area contributed by atoms with Crippen LogP contribution in [0.25, 0.3) is 0 Å². The molecule has 4 heteroatoms. The fourth-order valence-corrected chi connectivity index (χ4v) is 2.81. The molecule has 1 saturated heterocycles. The van der Waals surface area contributed by atoms with E-state index >= 15 is 0 Å². The number of nitrogens with zero attached hydrogens (tertiary/aromatic N) is 1. The molecule has 2 rings (SSSR count). The van der Waals surface area contributed by atoms with Gasteiger partial charge in [0.05, 0.1) is 0 Å². The van der Waals surface area contributed by atoms with Gasteiger partial charge in [0.2, 0.25) is 0 Å². The van der Waals surface area contributed by atoms with E-state index in [4.69, 9.17) is 0 Å². The normalized spacial score (nSPS) is 31.5. The highest BCUT2D eigenvalue weighted by molar-refractivity contribution is 4.90. The molecule has 0 spiro atoms. The molecule has 2 fully saturated rings. The van der Waals surface area contributed by atoms with Gasteiger partial charge in [-0.15, -0.1) is 0 Å². The van der Waals surface area contributed by atoms with Gasteiger partial charge in [0.25, 0.3) is 0 Å². The summed E-state index contributed by atoms with van der Waals surface area (Å²) in [6.07, 6.45) is 1.14. The fraction of sp³-hybridized carbons (Fsp3) is 1.00. The summed E-state index contributed by atoms with van der Waals surface area (Å²) in [6.45, 7) is 0.648. The van der Waals surface area contributed by atoms with Crippen LogP contribution in [-0.4, -0.2) is 29.7 Å². The molecule has 0 radical (unpaired) electrons. The lowest BCUT2D eigenvalue weighted by atomic mass is 10.1. The Morgan fingerprint density at radius 3 is 2.14 bits per heavy atom. The van der Waals surface area contributed by atoms with Crippen LogP contribution in [0.1, 0.15) is 38.5 Å². The van der Waals surface area contributed by atoms with Crippen LogP contribution in [0.4, 0.5) is 13.2 Å². The van der Waals surface area contributed by atoms with Crippen molar-refractivity contribution in [1.29, 1.82) is 0 Å². The van der Waals surface area contributed by atoms with Gasteiger partial charge < -0.3 is 0 Å². The second-order valence-electron chi connectivity index (χ2n) is 4.38. The van der Waals surface area contributed by atoms with Crippen molar-refractivity contribution >= 4 is 0 Å². The zero-order valence-electron chi connectivity index (χ0n) is 8.19. The van der Waals surface area contributed by atoms with E-state index in [1.807, 2.05) is 0 Å². The van der Waals surface area contributed by atoms with E-state index in [-0.39, 0.29) is 6.04 Å². The number of likely N-dealkylation sites (tertiary alicyclic amines) is 1. The van der Waals surface area contributed by atoms with Crippen LogP contribution in [0, 0.1) is 0 Å². The van der Waals surface area contributed by atoms with E-state index < -0.39 is 12.2 Å². The van der Waals surface area contributed by atoms with Crippen LogP contribution in [0.15, 0.2) is 0 Å². The van der Waals surface area contributed by atoms with Gasteiger partial charge >= 0.3 is 6.18 Å². The van der Waals surface area contributed by atoms with E-state index in [1.54, 1.807) is 4.90 Å².